The van der Waals surface area contributed by atoms with E-state index in [1.165, 1.54) is 5.56 Å². The molecule has 1 aromatic carbocycles. The standard InChI is InChI=1S/C21H40N4O/c1-17(15-25(6)7)16-26-19-10-8-18(9-11-19)20(14-22-4)24-13-12-21(2,3)23-5/h8-11,17,20,22-24H,12-16H2,1-7H3. The van der Waals surface area contributed by atoms with Crippen molar-refractivity contribution in [3.05, 3.63) is 29.8 Å². The van der Waals surface area contributed by atoms with Crippen molar-refractivity contribution < 1.29 is 4.74 Å². The lowest BCUT2D eigenvalue weighted by Gasteiger charge is -2.26. The minimum Gasteiger partial charge on any atom is -0.493 e. The van der Waals surface area contributed by atoms with Crippen molar-refractivity contribution in [1.29, 1.82) is 0 Å². The number of rotatable bonds is 13. The van der Waals surface area contributed by atoms with E-state index in [1.54, 1.807) is 0 Å². The van der Waals surface area contributed by atoms with Gasteiger partial charge in [0.1, 0.15) is 5.75 Å². The lowest BCUT2D eigenvalue weighted by Crippen LogP contribution is -2.40. The molecule has 1 rings (SSSR count). The summed E-state index contributed by atoms with van der Waals surface area (Å²) in [4.78, 5) is 2.19. The van der Waals surface area contributed by atoms with Gasteiger partial charge in [-0.2, -0.15) is 0 Å². The fourth-order valence-electron chi connectivity index (χ4n) is 2.91. The Morgan fingerprint density at radius 1 is 1.12 bits per heavy atom. The monoisotopic (exact) mass is 364 g/mol. The summed E-state index contributed by atoms with van der Waals surface area (Å²) < 4.78 is 5.93. The van der Waals surface area contributed by atoms with Gasteiger partial charge in [0.15, 0.2) is 0 Å². The molecule has 2 unspecified atom stereocenters. The number of benzene rings is 1. The van der Waals surface area contributed by atoms with Crippen molar-refractivity contribution in [3.63, 3.8) is 0 Å². The van der Waals surface area contributed by atoms with Gasteiger partial charge in [0.2, 0.25) is 0 Å². The van der Waals surface area contributed by atoms with E-state index in [-0.39, 0.29) is 5.54 Å². The maximum absolute atomic E-state index is 5.93. The van der Waals surface area contributed by atoms with Crippen molar-refractivity contribution >= 4 is 0 Å². The molecule has 5 heteroatoms. The van der Waals surface area contributed by atoms with E-state index in [2.05, 4.69) is 80.0 Å². The van der Waals surface area contributed by atoms with Crippen molar-refractivity contribution in [3.8, 4) is 5.75 Å². The van der Waals surface area contributed by atoms with Crippen LogP contribution in [0.5, 0.6) is 5.75 Å². The zero-order chi connectivity index (χ0) is 19.6. The fraction of sp³-hybridized carbons (Fsp3) is 0.714. The molecule has 5 nitrogen and oxygen atoms in total. The normalized spacial score (nSPS) is 14.5. The highest BCUT2D eigenvalue weighted by Gasteiger charge is 2.16. The Morgan fingerprint density at radius 2 is 1.77 bits per heavy atom. The fourth-order valence-corrected chi connectivity index (χ4v) is 2.91. The summed E-state index contributed by atoms with van der Waals surface area (Å²) in [7, 11) is 8.20. The van der Waals surface area contributed by atoms with Crippen molar-refractivity contribution in [2.45, 2.75) is 38.8 Å². The van der Waals surface area contributed by atoms with Crippen LogP contribution in [0.3, 0.4) is 0 Å². The molecule has 3 N–H and O–H groups in total. The predicted molar refractivity (Wildman–Crippen MR) is 112 cm³/mol. The van der Waals surface area contributed by atoms with Gasteiger partial charge in [-0.15, -0.1) is 0 Å². The molecular formula is C21H40N4O. The smallest absolute Gasteiger partial charge is 0.119 e. The highest BCUT2D eigenvalue weighted by Crippen LogP contribution is 2.19. The molecule has 0 bridgehead atoms. The van der Waals surface area contributed by atoms with Gasteiger partial charge >= 0.3 is 0 Å². The molecule has 0 aliphatic rings. The summed E-state index contributed by atoms with van der Waals surface area (Å²) >= 11 is 0. The number of hydrogen-bond donors (Lipinski definition) is 3. The van der Waals surface area contributed by atoms with E-state index in [1.807, 2.05) is 14.1 Å². The van der Waals surface area contributed by atoms with Crippen LogP contribution in [0, 0.1) is 5.92 Å². The van der Waals surface area contributed by atoms with Crippen LogP contribution in [0.4, 0.5) is 0 Å². The second-order valence-corrected chi connectivity index (χ2v) is 8.20. The Bertz CT molecular complexity index is 487. The van der Waals surface area contributed by atoms with E-state index in [4.69, 9.17) is 4.74 Å². The third kappa shape index (κ3) is 8.99. The van der Waals surface area contributed by atoms with Gasteiger partial charge in [0.05, 0.1) is 6.61 Å². The molecule has 0 fully saturated rings. The van der Waals surface area contributed by atoms with Crippen LogP contribution in [0.1, 0.15) is 38.8 Å². The number of likely N-dealkylation sites (N-methyl/N-ethyl adjacent to an activating group) is 1. The Balaban J connectivity index is 2.56. The van der Waals surface area contributed by atoms with Crippen LogP contribution in [0.2, 0.25) is 0 Å². The zero-order valence-electron chi connectivity index (χ0n) is 17.9. The average Bonchev–Trinajstić information content (AvgIpc) is 2.59. The molecule has 2 atom stereocenters. The SMILES string of the molecule is CNCC(NCCC(C)(C)NC)c1ccc(OCC(C)CN(C)C)cc1. The van der Waals surface area contributed by atoms with E-state index in [0.29, 0.717) is 12.0 Å². The number of ether oxygens (including phenoxy) is 1. The molecule has 0 spiro atoms. The predicted octanol–water partition coefficient (Wildman–Crippen LogP) is 2.50. The van der Waals surface area contributed by atoms with E-state index in [0.717, 1.165) is 38.4 Å². The third-order valence-corrected chi connectivity index (χ3v) is 4.72. The molecule has 150 valence electrons. The molecule has 0 saturated heterocycles. The molecule has 26 heavy (non-hydrogen) atoms. The first-order valence-electron chi connectivity index (χ1n) is 9.71. The van der Waals surface area contributed by atoms with Gasteiger partial charge in [0, 0.05) is 30.6 Å². The molecule has 0 saturated carbocycles. The maximum atomic E-state index is 5.93. The first-order valence-corrected chi connectivity index (χ1v) is 9.71. The molecule has 0 aliphatic carbocycles. The van der Waals surface area contributed by atoms with E-state index in [9.17, 15) is 0 Å². The Hall–Kier alpha value is -1.14. The van der Waals surface area contributed by atoms with Gasteiger partial charge in [-0.1, -0.05) is 19.1 Å². The maximum Gasteiger partial charge on any atom is 0.119 e. The van der Waals surface area contributed by atoms with E-state index < -0.39 is 0 Å². The highest BCUT2D eigenvalue weighted by molar-refractivity contribution is 5.29. The first kappa shape index (κ1) is 22.9. The third-order valence-electron chi connectivity index (χ3n) is 4.72. The molecular weight excluding hydrogens is 324 g/mol. The number of nitrogens with one attached hydrogen (secondary N) is 3. The van der Waals surface area contributed by atoms with Crippen LogP contribution >= 0.6 is 0 Å². The van der Waals surface area contributed by atoms with Gasteiger partial charge in [-0.05, 0) is 72.7 Å². The summed E-state index contributed by atoms with van der Waals surface area (Å²) in [6.07, 6.45) is 1.08. The first-order chi connectivity index (χ1) is 12.3. The summed E-state index contributed by atoms with van der Waals surface area (Å²) in [6.45, 7) is 10.3. The summed E-state index contributed by atoms with van der Waals surface area (Å²) in [5, 5.41) is 10.3. The van der Waals surface area contributed by atoms with E-state index >= 15 is 0 Å². The lowest BCUT2D eigenvalue weighted by molar-refractivity contribution is 0.222. The highest BCUT2D eigenvalue weighted by atomic mass is 16.5. The number of hydrogen-bond acceptors (Lipinski definition) is 5. The summed E-state index contributed by atoms with van der Waals surface area (Å²) in [5.41, 5.74) is 1.44. The van der Waals surface area contributed by atoms with Gasteiger partial charge in [-0.3, -0.25) is 0 Å². The minimum absolute atomic E-state index is 0.151. The van der Waals surface area contributed by atoms with Crippen LogP contribution in [0.25, 0.3) is 0 Å². The van der Waals surface area contributed by atoms with Gasteiger partial charge < -0.3 is 25.6 Å². The van der Waals surface area contributed by atoms with Crippen molar-refractivity contribution in [1.82, 2.24) is 20.9 Å². The lowest BCUT2D eigenvalue weighted by atomic mass is 10.0. The van der Waals surface area contributed by atoms with Crippen molar-refractivity contribution in [2.75, 3.05) is 54.4 Å². The Kier molecular flexibility index (Phi) is 10.2. The molecule has 0 heterocycles. The zero-order valence-corrected chi connectivity index (χ0v) is 17.9. The van der Waals surface area contributed by atoms with Gasteiger partial charge in [0.25, 0.3) is 0 Å². The molecule has 1 aromatic rings. The van der Waals surface area contributed by atoms with Crippen LogP contribution < -0.4 is 20.7 Å². The molecule has 0 radical (unpaired) electrons. The number of nitrogens with zero attached hydrogens (tertiary/aromatic N) is 1. The molecule has 0 amide bonds. The van der Waals surface area contributed by atoms with Crippen LogP contribution in [-0.2, 0) is 0 Å². The second-order valence-electron chi connectivity index (χ2n) is 8.20. The average molecular weight is 365 g/mol. The second kappa shape index (κ2) is 11.5. The largest absolute Gasteiger partial charge is 0.493 e. The Labute approximate surface area is 160 Å². The topological polar surface area (TPSA) is 48.6 Å². The Morgan fingerprint density at radius 3 is 2.31 bits per heavy atom. The minimum atomic E-state index is 0.151. The quantitative estimate of drug-likeness (QED) is 0.502. The van der Waals surface area contributed by atoms with Gasteiger partial charge in [-0.25, -0.2) is 0 Å². The van der Waals surface area contributed by atoms with Crippen LogP contribution in [-0.4, -0.2) is 64.9 Å². The molecule has 0 aliphatic heterocycles. The van der Waals surface area contributed by atoms with Crippen molar-refractivity contribution in [2.24, 2.45) is 5.92 Å². The van der Waals surface area contributed by atoms with Crippen LogP contribution in [0.15, 0.2) is 24.3 Å². The molecule has 0 aromatic heterocycles. The summed E-state index contributed by atoms with van der Waals surface area (Å²) in [6, 6.07) is 8.81. The summed E-state index contributed by atoms with van der Waals surface area (Å²) in [5.74, 6) is 1.46.